The highest BCUT2D eigenvalue weighted by atomic mass is 16.3. The zero-order valence-electron chi connectivity index (χ0n) is 13.6. The third-order valence-corrected chi connectivity index (χ3v) is 4.58. The van der Waals surface area contributed by atoms with Crippen molar-refractivity contribution in [3.8, 4) is 0 Å². The van der Waals surface area contributed by atoms with Crippen LogP contribution in [-0.4, -0.2) is 48.3 Å². The predicted molar refractivity (Wildman–Crippen MR) is 82.4 cm³/mol. The van der Waals surface area contributed by atoms with Crippen molar-refractivity contribution in [3.05, 3.63) is 0 Å². The molecule has 114 valence electrons. The molecular formula is C16H34N2O. The van der Waals surface area contributed by atoms with Gasteiger partial charge in [-0.05, 0) is 43.7 Å². The summed E-state index contributed by atoms with van der Waals surface area (Å²) in [5.41, 5.74) is 0.275. The summed E-state index contributed by atoms with van der Waals surface area (Å²) in [4.78, 5) is 2.43. The molecule has 1 aliphatic rings. The van der Waals surface area contributed by atoms with Crippen LogP contribution >= 0.6 is 0 Å². The largest absolute Gasteiger partial charge is 0.394 e. The fourth-order valence-electron chi connectivity index (χ4n) is 4.07. The number of hydrogen-bond acceptors (Lipinski definition) is 3. The highest BCUT2D eigenvalue weighted by Crippen LogP contribution is 2.43. The molecule has 0 saturated heterocycles. The Kier molecular flexibility index (Phi) is 6.28. The van der Waals surface area contributed by atoms with Crippen molar-refractivity contribution in [1.82, 2.24) is 10.2 Å². The molecule has 0 amide bonds. The lowest BCUT2D eigenvalue weighted by Gasteiger charge is -2.47. The number of rotatable bonds is 7. The van der Waals surface area contributed by atoms with Crippen molar-refractivity contribution in [2.45, 2.75) is 59.4 Å². The first-order valence-electron chi connectivity index (χ1n) is 7.94. The molecule has 0 aromatic rings. The molecule has 0 aromatic heterocycles. The number of aliphatic hydroxyl groups excluding tert-OH is 1. The van der Waals surface area contributed by atoms with E-state index in [0.29, 0.717) is 11.3 Å². The topological polar surface area (TPSA) is 35.5 Å². The normalized spacial score (nSPS) is 30.8. The van der Waals surface area contributed by atoms with Gasteiger partial charge in [-0.3, -0.25) is 0 Å². The maximum absolute atomic E-state index is 9.90. The molecule has 1 rings (SSSR count). The summed E-state index contributed by atoms with van der Waals surface area (Å²) in [7, 11) is 0. The third kappa shape index (κ3) is 5.05. The van der Waals surface area contributed by atoms with E-state index in [2.05, 4.69) is 44.8 Å². The third-order valence-electron chi connectivity index (χ3n) is 4.58. The second-order valence-electron chi connectivity index (χ2n) is 7.25. The summed E-state index contributed by atoms with van der Waals surface area (Å²) >= 11 is 0. The Morgan fingerprint density at radius 2 is 1.84 bits per heavy atom. The monoisotopic (exact) mass is 270 g/mol. The minimum absolute atomic E-state index is 0.0612. The molecule has 19 heavy (non-hydrogen) atoms. The Hall–Kier alpha value is -0.120. The van der Waals surface area contributed by atoms with Crippen LogP contribution in [0.2, 0.25) is 0 Å². The van der Waals surface area contributed by atoms with Gasteiger partial charge in [0.05, 0.1) is 6.61 Å². The zero-order chi connectivity index (χ0) is 14.5. The molecule has 2 atom stereocenters. The Bertz CT molecular complexity index is 263. The number of likely N-dealkylation sites (N-methyl/N-ethyl adjacent to an activating group) is 1. The summed E-state index contributed by atoms with van der Waals surface area (Å²) in [5, 5.41) is 13.6. The van der Waals surface area contributed by atoms with Crippen LogP contribution in [0, 0.1) is 11.3 Å². The summed E-state index contributed by atoms with van der Waals surface area (Å²) in [5.74, 6) is 0.692. The van der Waals surface area contributed by atoms with E-state index < -0.39 is 0 Å². The Morgan fingerprint density at radius 1 is 1.21 bits per heavy atom. The van der Waals surface area contributed by atoms with Gasteiger partial charge in [-0.1, -0.05) is 34.6 Å². The van der Waals surface area contributed by atoms with Crippen LogP contribution in [0.15, 0.2) is 0 Å². The van der Waals surface area contributed by atoms with Crippen molar-refractivity contribution in [1.29, 1.82) is 0 Å². The first kappa shape index (κ1) is 16.9. The van der Waals surface area contributed by atoms with Gasteiger partial charge in [-0.15, -0.1) is 0 Å². The average Bonchev–Trinajstić information content (AvgIpc) is 2.32. The van der Waals surface area contributed by atoms with Gasteiger partial charge in [0, 0.05) is 18.6 Å². The fraction of sp³-hybridized carbons (Fsp3) is 1.00. The lowest BCUT2D eigenvalue weighted by molar-refractivity contribution is 0.0351. The van der Waals surface area contributed by atoms with Gasteiger partial charge in [-0.2, -0.15) is 0 Å². The van der Waals surface area contributed by atoms with Gasteiger partial charge >= 0.3 is 0 Å². The zero-order valence-corrected chi connectivity index (χ0v) is 13.6. The number of aliphatic hydroxyl groups is 1. The van der Waals surface area contributed by atoms with E-state index in [0.717, 1.165) is 39.0 Å². The van der Waals surface area contributed by atoms with Crippen LogP contribution < -0.4 is 5.32 Å². The van der Waals surface area contributed by atoms with Crippen molar-refractivity contribution < 1.29 is 5.11 Å². The molecule has 0 aromatic carbocycles. The molecule has 2 N–H and O–H groups in total. The highest BCUT2D eigenvalue weighted by molar-refractivity contribution is 4.98. The van der Waals surface area contributed by atoms with Gasteiger partial charge in [0.2, 0.25) is 0 Å². The predicted octanol–water partition coefficient (Wildman–Crippen LogP) is 2.50. The second kappa shape index (κ2) is 7.05. The van der Waals surface area contributed by atoms with Crippen LogP contribution in [0.5, 0.6) is 0 Å². The van der Waals surface area contributed by atoms with Gasteiger partial charge in [0.1, 0.15) is 0 Å². The minimum Gasteiger partial charge on any atom is -0.394 e. The van der Waals surface area contributed by atoms with Gasteiger partial charge in [-0.25, -0.2) is 0 Å². The smallest absolute Gasteiger partial charge is 0.0613 e. The number of nitrogens with zero attached hydrogens (tertiary/aromatic N) is 1. The van der Waals surface area contributed by atoms with E-state index in [4.69, 9.17) is 0 Å². The lowest BCUT2D eigenvalue weighted by Crippen LogP contribution is -2.56. The molecule has 1 aliphatic carbocycles. The first-order chi connectivity index (χ1) is 8.86. The standard InChI is InChI=1S/C16H34N2O/c1-6-18(7-2)9-8-17-16(13-19)11-14(3)10-15(4,5)12-16/h14,17,19H,6-13H2,1-5H3. The quantitative estimate of drug-likeness (QED) is 0.746. The van der Waals surface area contributed by atoms with E-state index in [1.807, 2.05) is 0 Å². The Labute approximate surface area is 119 Å². The first-order valence-corrected chi connectivity index (χ1v) is 7.94. The molecule has 0 spiro atoms. The van der Waals surface area contributed by atoms with E-state index in [-0.39, 0.29) is 12.1 Å². The van der Waals surface area contributed by atoms with E-state index >= 15 is 0 Å². The maximum Gasteiger partial charge on any atom is 0.0613 e. The summed E-state index contributed by atoms with van der Waals surface area (Å²) in [6.45, 7) is 15.9. The summed E-state index contributed by atoms with van der Waals surface area (Å²) in [6, 6.07) is 0. The number of hydrogen-bond donors (Lipinski definition) is 2. The van der Waals surface area contributed by atoms with Crippen molar-refractivity contribution in [2.24, 2.45) is 11.3 Å². The van der Waals surface area contributed by atoms with E-state index in [9.17, 15) is 5.11 Å². The molecule has 0 aliphatic heterocycles. The van der Waals surface area contributed by atoms with Crippen LogP contribution in [-0.2, 0) is 0 Å². The molecular weight excluding hydrogens is 236 g/mol. The molecule has 3 nitrogen and oxygen atoms in total. The van der Waals surface area contributed by atoms with Gasteiger partial charge in [0.25, 0.3) is 0 Å². The molecule has 3 heteroatoms. The molecule has 2 unspecified atom stereocenters. The second-order valence-corrected chi connectivity index (χ2v) is 7.25. The van der Waals surface area contributed by atoms with Crippen LogP contribution in [0.3, 0.4) is 0 Å². The van der Waals surface area contributed by atoms with Gasteiger partial charge in [0.15, 0.2) is 0 Å². The molecule has 1 saturated carbocycles. The molecule has 1 fully saturated rings. The lowest BCUT2D eigenvalue weighted by atomic mass is 9.64. The van der Waals surface area contributed by atoms with Crippen LogP contribution in [0.4, 0.5) is 0 Å². The Morgan fingerprint density at radius 3 is 2.32 bits per heavy atom. The summed E-state index contributed by atoms with van der Waals surface area (Å²) in [6.07, 6.45) is 3.46. The average molecular weight is 270 g/mol. The minimum atomic E-state index is -0.0612. The van der Waals surface area contributed by atoms with Crippen molar-refractivity contribution in [2.75, 3.05) is 32.8 Å². The van der Waals surface area contributed by atoms with Crippen molar-refractivity contribution in [3.63, 3.8) is 0 Å². The molecule has 0 radical (unpaired) electrons. The summed E-state index contributed by atoms with van der Waals surface area (Å²) < 4.78 is 0. The molecule has 0 bridgehead atoms. The maximum atomic E-state index is 9.90. The number of nitrogens with one attached hydrogen (secondary N) is 1. The molecule has 0 heterocycles. The van der Waals surface area contributed by atoms with Crippen LogP contribution in [0.25, 0.3) is 0 Å². The fourth-order valence-corrected chi connectivity index (χ4v) is 4.07. The Balaban J connectivity index is 2.55. The van der Waals surface area contributed by atoms with E-state index in [1.165, 1.54) is 6.42 Å². The van der Waals surface area contributed by atoms with Crippen molar-refractivity contribution >= 4 is 0 Å². The SMILES string of the molecule is CCN(CC)CCNC1(CO)CC(C)CC(C)(C)C1. The van der Waals surface area contributed by atoms with Gasteiger partial charge < -0.3 is 15.3 Å². The highest BCUT2D eigenvalue weighted by Gasteiger charge is 2.42. The van der Waals surface area contributed by atoms with Crippen LogP contribution in [0.1, 0.15) is 53.9 Å². The van der Waals surface area contributed by atoms with E-state index in [1.54, 1.807) is 0 Å².